The Morgan fingerprint density at radius 1 is 1.20 bits per heavy atom. The van der Waals surface area contributed by atoms with Crippen molar-refractivity contribution < 1.29 is 9.59 Å². The molecule has 1 N–H and O–H groups in total. The minimum Gasteiger partial charge on any atom is -0.326 e. The van der Waals surface area contributed by atoms with Gasteiger partial charge in [-0.25, -0.2) is 0 Å². The molecule has 5 heteroatoms. The van der Waals surface area contributed by atoms with Crippen LogP contribution in [0, 0.1) is 11.8 Å². The van der Waals surface area contributed by atoms with Gasteiger partial charge < -0.3 is 5.32 Å². The monoisotopic (exact) mass is 337 g/mol. The molecule has 1 aliphatic carbocycles. The number of nitrogens with zero attached hydrogens (tertiary/aromatic N) is 2. The summed E-state index contributed by atoms with van der Waals surface area (Å²) in [4.78, 5) is 29.5. The van der Waals surface area contributed by atoms with E-state index in [9.17, 15) is 9.59 Å². The Kier molecular flexibility index (Phi) is 4.83. The average Bonchev–Trinajstić information content (AvgIpc) is 3.31. The molecule has 2 aromatic rings. The second-order valence-electron chi connectivity index (χ2n) is 6.85. The van der Waals surface area contributed by atoms with E-state index in [0.29, 0.717) is 22.7 Å². The lowest BCUT2D eigenvalue weighted by Crippen LogP contribution is -2.28. The summed E-state index contributed by atoms with van der Waals surface area (Å²) in [5.74, 6) is 0.403. The van der Waals surface area contributed by atoms with Crippen LogP contribution in [0.25, 0.3) is 0 Å². The van der Waals surface area contributed by atoms with Crippen LogP contribution in [0.5, 0.6) is 0 Å². The number of hydrogen-bond acceptors (Lipinski definition) is 3. The summed E-state index contributed by atoms with van der Waals surface area (Å²) in [5, 5.41) is 2.90. The first-order valence-corrected chi connectivity index (χ1v) is 8.63. The summed E-state index contributed by atoms with van der Waals surface area (Å²) in [6.07, 6.45) is 2.64. The first-order chi connectivity index (χ1) is 12.0. The zero-order chi connectivity index (χ0) is 18.0. The van der Waals surface area contributed by atoms with Gasteiger partial charge in [0.1, 0.15) is 5.49 Å². The van der Waals surface area contributed by atoms with Crippen LogP contribution in [-0.4, -0.2) is 22.4 Å². The predicted octanol–water partition coefficient (Wildman–Crippen LogP) is 3.08. The van der Waals surface area contributed by atoms with E-state index in [1.807, 2.05) is 26.0 Å². The van der Waals surface area contributed by atoms with E-state index in [-0.39, 0.29) is 23.8 Å². The van der Waals surface area contributed by atoms with Gasteiger partial charge in [-0.05, 0) is 56.5 Å². The van der Waals surface area contributed by atoms with Crippen LogP contribution in [0.2, 0.25) is 0 Å². The molecule has 25 heavy (non-hydrogen) atoms. The molecular formula is C20H23N3O2. The molecule has 0 bridgehead atoms. The summed E-state index contributed by atoms with van der Waals surface area (Å²) in [7, 11) is 0. The Hall–Kier alpha value is -2.69. The molecule has 0 aliphatic heterocycles. The molecule has 5 nitrogen and oxygen atoms in total. The van der Waals surface area contributed by atoms with Gasteiger partial charge in [0.15, 0.2) is 0 Å². The maximum atomic E-state index is 12.9. The molecule has 130 valence electrons. The molecule has 3 rings (SSSR count). The standard InChI is InChI=1S/C20H23N3O2/c1-13(2)21-18-9-4-5-10-23(18)20(25)15-7-6-8-16(12-15)22-19(24)17-11-14(17)3/h4-10,12-14,17H,11H2,1-3H3,(H,22,24)/t14-,17+/m1/s1. The SMILES string of the molecule is CC(C)N=c1ccccn1C(=O)c1cccc(NC(=O)[C@H]2C[C@H]2C)c1. The van der Waals surface area contributed by atoms with Crippen molar-refractivity contribution in [1.82, 2.24) is 4.57 Å². The minimum atomic E-state index is -0.170. The van der Waals surface area contributed by atoms with Crippen LogP contribution < -0.4 is 10.8 Å². The number of aromatic nitrogens is 1. The van der Waals surface area contributed by atoms with Crippen molar-refractivity contribution in [2.45, 2.75) is 33.2 Å². The van der Waals surface area contributed by atoms with Gasteiger partial charge >= 0.3 is 0 Å². The fourth-order valence-corrected chi connectivity index (χ4v) is 2.77. The van der Waals surface area contributed by atoms with Gasteiger partial charge in [0, 0.05) is 29.4 Å². The number of hydrogen-bond donors (Lipinski definition) is 1. The Balaban J connectivity index is 1.86. The van der Waals surface area contributed by atoms with Crippen molar-refractivity contribution >= 4 is 17.5 Å². The molecule has 1 fully saturated rings. The second kappa shape index (κ2) is 7.05. The van der Waals surface area contributed by atoms with Crippen molar-refractivity contribution in [1.29, 1.82) is 0 Å². The number of pyridine rings is 1. The fourth-order valence-electron chi connectivity index (χ4n) is 2.77. The topological polar surface area (TPSA) is 63.5 Å². The zero-order valence-electron chi connectivity index (χ0n) is 14.8. The van der Waals surface area contributed by atoms with Crippen LogP contribution in [0.3, 0.4) is 0 Å². The average molecular weight is 337 g/mol. The van der Waals surface area contributed by atoms with E-state index >= 15 is 0 Å². The summed E-state index contributed by atoms with van der Waals surface area (Å²) in [6, 6.07) is 12.6. The molecular weight excluding hydrogens is 314 g/mol. The van der Waals surface area contributed by atoms with Gasteiger partial charge in [-0.3, -0.25) is 19.1 Å². The van der Waals surface area contributed by atoms with Gasteiger partial charge in [-0.2, -0.15) is 0 Å². The highest BCUT2D eigenvalue weighted by Gasteiger charge is 2.39. The normalized spacial score (nSPS) is 19.8. The summed E-state index contributed by atoms with van der Waals surface area (Å²) in [6.45, 7) is 6.00. The maximum Gasteiger partial charge on any atom is 0.263 e. The molecule has 1 aromatic carbocycles. The number of carbonyl (C=O) groups is 2. The number of anilines is 1. The third kappa shape index (κ3) is 4.05. The zero-order valence-corrected chi connectivity index (χ0v) is 14.8. The first kappa shape index (κ1) is 17.1. The molecule has 2 atom stereocenters. The number of benzene rings is 1. The minimum absolute atomic E-state index is 0.0277. The van der Waals surface area contributed by atoms with Crippen LogP contribution >= 0.6 is 0 Å². The third-order valence-electron chi connectivity index (χ3n) is 4.27. The summed E-state index contributed by atoms with van der Waals surface area (Å²) in [5.41, 5.74) is 1.77. The van der Waals surface area contributed by atoms with Crippen molar-refractivity contribution in [2.75, 3.05) is 5.32 Å². The van der Waals surface area contributed by atoms with Gasteiger partial charge in [0.05, 0.1) is 0 Å². The molecule has 0 unspecified atom stereocenters. The Labute approximate surface area is 147 Å². The van der Waals surface area contributed by atoms with Crippen LogP contribution in [0.4, 0.5) is 5.69 Å². The summed E-state index contributed by atoms with van der Waals surface area (Å²) >= 11 is 0. The maximum absolute atomic E-state index is 12.9. The van der Waals surface area contributed by atoms with E-state index in [1.165, 1.54) is 4.57 Å². The van der Waals surface area contributed by atoms with Gasteiger partial charge in [-0.15, -0.1) is 0 Å². The number of rotatable bonds is 4. The van der Waals surface area contributed by atoms with Crippen molar-refractivity contribution in [3.8, 4) is 0 Å². The van der Waals surface area contributed by atoms with Crippen LogP contribution in [0.1, 0.15) is 37.6 Å². The Bertz CT molecular complexity index is 867. The Morgan fingerprint density at radius 2 is 1.96 bits per heavy atom. The van der Waals surface area contributed by atoms with Crippen molar-refractivity contribution in [3.05, 3.63) is 59.7 Å². The highest BCUT2D eigenvalue weighted by atomic mass is 16.2. The predicted molar refractivity (Wildman–Crippen MR) is 97.2 cm³/mol. The third-order valence-corrected chi connectivity index (χ3v) is 4.27. The number of amides is 1. The van der Waals surface area contributed by atoms with E-state index in [1.54, 1.807) is 36.5 Å². The number of nitrogens with one attached hydrogen (secondary N) is 1. The lowest BCUT2D eigenvalue weighted by molar-refractivity contribution is -0.117. The van der Waals surface area contributed by atoms with Gasteiger partial charge in [0.25, 0.3) is 5.91 Å². The molecule has 1 aliphatic rings. The van der Waals surface area contributed by atoms with E-state index in [4.69, 9.17) is 0 Å². The molecule has 1 amide bonds. The van der Waals surface area contributed by atoms with Gasteiger partial charge in [-0.1, -0.05) is 19.1 Å². The molecule has 0 spiro atoms. The Morgan fingerprint density at radius 3 is 2.64 bits per heavy atom. The number of carbonyl (C=O) groups excluding carboxylic acids is 2. The highest BCUT2D eigenvalue weighted by molar-refractivity contribution is 5.99. The largest absolute Gasteiger partial charge is 0.326 e. The van der Waals surface area contributed by atoms with Gasteiger partial charge in [0.2, 0.25) is 5.91 Å². The van der Waals surface area contributed by atoms with E-state index < -0.39 is 0 Å². The lowest BCUT2D eigenvalue weighted by Gasteiger charge is -2.09. The quantitative estimate of drug-likeness (QED) is 0.932. The lowest BCUT2D eigenvalue weighted by atomic mass is 10.1. The molecule has 0 saturated heterocycles. The fraction of sp³-hybridized carbons (Fsp3) is 0.350. The van der Waals surface area contributed by atoms with Crippen LogP contribution in [0.15, 0.2) is 53.7 Å². The van der Waals surface area contributed by atoms with E-state index in [0.717, 1.165) is 6.42 Å². The second-order valence-corrected chi connectivity index (χ2v) is 6.85. The van der Waals surface area contributed by atoms with Crippen molar-refractivity contribution in [3.63, 3.8) is 0 Å². The molecule has 1 aromatic heterocycles. The van der Waals surface area contributed by atoms with E-state index in [2.05, 4.69) is 17.2 Å². The highest BCUT2D eigenvalue weighted by Crippen LogP contribution is 2.38. The first-order valence-electron chi connectivity index (χ1n) is 8.63. The van der Waals surface area contributed by atoms with Crippen LogP contribution in [-0.2, 0) is 4.79 Å². The molecule has 1 heterocycles. The van der Waals surface area contributed by atoms with Crippen molar-refractivity contribution in [2.24, 2.45) is 16.8 Å². The molecule has 1 saturated carbocycles. The summed E-state index contributed by atoms with van der Waals surface area (Å²) < 4.78 is 1.53. The molecule has 0 radical (unpaired) electrons. The smallest absolute Gasteiger partial charge is 0.263 e.